The lowest BCUT2D eigenvalue weighted by Crippen LogP contribution is -2.31. The molecule has 1 aliphatic rings. The maximum Gasteiger partial charge on any atom is 0.258 e. The molecule has 1 aliphatic carbocycles. The highest BCUT2D eigenvalue weighted by atomic mass is 16.5. The van der Waals surface area contributed by atoms with E-state index in [1.54, 1.807) is 0 Å². The molecule has 3 nitrogen and oxygen atoms in total. The number of aryl methyl sites for hydroxylation is 4. The highest BCUT2D eigenvalue weighted by Crippen LogP contribution is 2.25. The van der Waals surface area contributed by atoms with Gasteiger partial charge in [-0.05, 0) is 92.8 Å². The van der Waals surface area contributed by atoms with Crippen LogP contribution in [0.15, 0.2) is 30.3 Å². The third-order valence-corrected chi connectivity index (χ3v) is 5.37. The molecule has 0 spiro atoms. The van der Waals surface area contributed by atoms with Gasteiger partial charge in [0.05, 0.1) is 6.04 Å². The Labute approximate surface area is 156 Å². The first-order valence-electron chi connectivity index (χ1n) is 9.56. The minimum atomic E-state index is -0.0891. The van der Waals surface area contributed by atoms with Crippen molar-refractivity contribution in [3.05, 3.63) is 63.7 Å². The monoisotopic (exact) mass is 351 g/mol. The number of benzene rings is 2. The molecule has 0 saturated heterocycles. The standard InChI is InChI=1S/C23H29NO2/c1-15-11-16(2)17(3)22(12-15)26-14-23(25)24-18(4)20-10-9-19-7-5-6-8-21(19)13-20/h9-13,18H,5-8,14H2,1-4H3,(H,24,25)/t18-/m0/s1. The highest BCUT2D eigenvalue weighted by Gasteiger charge is 2.15. The van der Waals surface area contributed by atoms with E-state index in [1.165, 1.54) is 41.5 Å². The highest BCUT2D eigenvalue weighted by molar-refractivity contribution is 5.78. The Kier molecular flexibility index (Phi) is 5.65. The molecule has 3 heteroatoms. The summed E-state index contributed by atoms with van der Waals surface area (Å²) in [4.78, 5) is 12.3. The first-order chi connectivity index (χ1) is 12.4. The molecule has 0 fully saturated rings. The summed E-state index contributed by atoms with van der Waals surface area (Å²) in [6.45, 7) is 8.20. The van der Waals surface area contributed by atoms with Crippen molar-refractivity contribution in [1.29, 1.82) is 0 Å². The van der Waals surface area contributed by atoms with Gasteiger partial charge in [-0.15, -0.1) is 0 Å². The Morgan fingerprint density at radius 2 is 1.81 bits per heavy atom. The van der Waals surface area contributed by atoms with E-state index in [9.17, 15) is 4.79 Å². The van der Waals surface area contributed by atoms with E-state index in [0.717, 1.165) is 23.3 Å². The normalized spacial score (nSPS) is 14.5. The van der Waals surface area contributed by atoms with Crippen molar-refractivity contribution in [3.8, 4) is 5.75 Å². The van der Waals surface area contributed by atoms with Gasteiger partial charge in [-0.3, -0.25) is 4.79 Å². The average molecular weight is 351 g/mol. The first kappa shape index (κ1) is 18.5. The van der Waals surface area contributed by atoms with Crippen LogP contribution in [0, 0.1) is 20.8 Å². The second kappa shape index (κ2) is 7.94. The molecule has 0 aliphatic heterocycles. The van der Waals surface area contributed by atoms with Crippen molar-refractivity contribution in [2.75, 3.05) is 6.61 Å². The van der Waals surface area contributed by atoms with E-state index in [0.29, 0.717) is 0 Å². The second-order valence-electron chi connectivity index (χ2n) is 7.52. The van der Waals surface area contributed by atoms with Crippen molar-refractivity contribution < 1.29 is 9.53 Å². The van der Waals surface area contributed by atoms with Gasteiger partial charge in [0.1, 0.15) is 5.75 Å². The molecule has 26 heavy (non-hydrogen) atoms. The largest absolute Gasteiger partial charge is 0.483 e. The number of carbonyl (C=O) groups excluding carboxylic acids is 1. The molecule has 1 atom stereocenters. The molecule has 1 amide bonds. The molecule has 0 bridgehead atoms. The number of ether oxygens (including phenoxy) is 1. The van der Waals surface area contributed by atoms with Crippen molar-refractivity contribution in [2.24, 2.45) is 0 Å². The van der Waals surface area contributed by atoms with Gasteiger partial charge in [0, 0.05) is 0 Å². The molecule has 0 heterocycles. The van der Waals surface area contributed by atoms with Crippen molar-refractivity contribution in [2.45, 2.75) is 59.4 Å². The summed E-state index contributed by atoms with van der Waals surface area (Å²) in [5, 5.41) is 3.06. The fourth-order valence-electron chi connectivity index (χ4n) is 3.68. The molecule has 3 rings (SSSR count). The maximum absolute atomic E-state index is 12.3. The summed E-state index contributed by atoms with van der Waals surface area (Å²) in [6.07, 6.45) is 4.88. The Morgan fingerprint density at radius 3 is 2.58 bits per heavy atom. The summed E-state index contributed by atoms with van der Waals surface area (Å²) < 4.78 is 5.78. The molecule has 2 aromatic carbocycles. The Hall–Kier alpha value is -2.29. The predicted molar refractivity (Wildman–Crippen MR) is 106 cm³/mol. The van der Waals surface area contributed by atoms with Crippen LogP contribution in [0.4, 0.5) is 0 Å². The predicted octanol–water partition coefficient (Wildman–Crippen LogP) is 4.75. The minimum Gasteiger partial charge on any atom is -0.483 e. The van der Waals surface area contributed by atoms with Gasteiger partial charge in [-0.2, -0.15) is 0 Å². The van der Waals surface area contributed by atoms with Crippen molar-refractivity contribution in [3.63, 3.8) is 0 Å². The van der Waals surface area contributed by atoms with Gasteiger partial charge < -0.3 is 10.1 Å². The zero-order valence-electron chi connectivity index (χ0n) is 16.3. The zero-order valence-corrected chi connectivity index (χ0v) is 16.3. The van der Waals surface area contributed by atoms with Crippen LogP contribution in [-0.4, -0.2) is 12.5 Å². The summed E-state index contributed by atoms with van der Waals surface area (Å²) in [5.74, 6) is 0.702. The van der Waals surface area contributed by atoms with Crippen LogP contribution in [0.2, 0.25) is 0 Å². The molecular formula is C23H29NO2. The van der Waals surface area contributed by atoms with E-state index < -0.39 is 0 Å². The summed E-state index contributed by atoms with van der Waals surface area (Å²) in [5.41, 5.74) is 7.49. The lowest BCUT2D eigenvalue weighted by molar-refractivity contribution is -0.123. The molecule has 1 N–H and O–H groups in total. The summed E-state index contributed by atoms with van der Waals surface area (Å²) in [7, 11) is 0. The first-order valence-corrected chi connectivity index (χ1v) is 9.56. The van der Waals surface area contributed by atoms with Gasteiger partial charge in [0.2, 0.25) is 0 Å². The number of hydrogen-bond acceptors (Lipinski definition) is 2. The summed E-state index contributed by atoms with van der Waals surface area (Å²) >= 11 is 0. The number of fused-ring (bicyclic) bond motifs is 1. The van der Waals surface area contributed by atoms with Gasteiger partial charge in [0.15, 0.2) is 6.61 Å². The van der Waals surface area contributed by atoms with Gasteiger partial charge in [0.25, 0.3) is 5.91 Å². The number of amides is 1. The third-order valence-electron chi connectivity index (χ3n) is 5.37. The summed E-state index contributed by atoms with van der Waals surface area (Å²) in [6, 6.07) is 10.7. The Bertz CT molecular complexity index is 810. The van der Waals surface area contributed by atoms with Crippen LogP contribution in [0.3, 0.4) is 0 Å². The fraction of sp³-hybridized carbons (Fsp3) is 0.435. The molecule has 0 unspecified atom stereocenters. The van der Waals surface area contributed by atoms with Gasteiger partial charge >= 0.3 is 0 Å². The number of rotatable bonds is 5. The Morgan fingerprint density at radius 1 is 1.08 bits per heavy atom. The second-order valence-corrected chi connectivity index (χ2v) is 7.52. The van der Waals surface area contributed by atoms with Gasteiger partial charge in [-0.25, -0.2) is 0 Å². The van der Waals surface area contributed by atoms with Crippen LogP contribution in [0.1, 0.15) is 59.2 Å². The quantitative estimate of drug-likeness (QED) is 0.844. The van der Waals surface area contributed by atoms with Crippen LogP contribution in [0.5, 0.6) is 5.75 Å². The zero-order chi connectivity index (χ0) is 18.7. The number of carbonyl (C=O) groups is 1. The number of hydrogen-bond donors (Lipinski definition) is 1. The van der Waals surface area contributed by atoms with Crippen LogP contribution in [0.25, 0.3) is 0 Å². The lowest BCUT2D eigenvalue weighted by Gasteiger charge is -2.20. The molecule has 0 saturated carbocycles. The van der Waals surface area contributed by atoms with Crippen molar-refractivity contribution in [1.82, 2.24) is 5.32 Å². The molecular weight excluding hydrogens is 322 g/mol. The fourth-order valence-corrected chi connectivity index (χ4v) is 3.68. The van der Waals surface area contributed by atoms with E-state index in [2.05, 4.69) is 36.5 Å². The Balaban J connectivity index is 1.60. The minimum absolute atomic E-state index is 0.0151. The molecule has 2 aromatic rings. The van der Waals surface area contributed by atoms with Crippen LogP contribution in [-0.2, 0) is 17.6 Å². The maximum atomic E-state index is 12.3. The lowest BCUT2D eigenvalue weighted by atomic mass is 9.89. The SMILES string of the molecule is Cc1cc(C)c(C)c(OCC(=O)N[C@@H](C)c2ccc3c(c2)CCCC3)c1. The molecule has 0 aromatic heterocycles. The van der Waals surface area contributed by atoms with E-state index in [4.69, 9.17) is 4.74 Å². The average Bonchev–Trinajstić information content (AvgIpc) is 2.63. The van der Waals surface area contributed by atoms with Crippen molar-refractivity contribution >= 4 is 5.91 Å². The topological polar surface area (TPSA) is 38.3 Å². The number of nitrogens with one attached hydrogen (secondary N) is 1. The third kappa shape index (κ3) is 4.27. The van der Waals surface area contributed by atoms with Crippen LogP contribution >= 0.6 is 0 Å². The molecule has 138 valence electrons. The smallest absolute Gasteiger partial charge is 0.258 e. The van der Waals surface area contributed by atoms with E-state index >= 15 is 0 Å². The van der Waals surface area contributed by atoms with Crippen LogP contribution < -0.4 is 10.1 Å². The van der Waals surface area contributed by atoms with Gasteiger partial charge in [-0.1, -0.05) is 24.3 Å². The molecule has 0 radical (unpaired) electrons. The van der Waals surface area contributed by atoms with E-state index in [1.807, 2.05) is 26.8 Å². The van der Waals surface area contributed by atoms with E-state index in [-0.39, 0.29) is 18.6 Å².